The summed E-state index contributed by atoms with van der Waals surface area (Å²) in [5.41, 5.74) is 3.39. The van der Waals surface area contributed by atoms with E-state index in [1.165, 1.54) is 18.4 Å². The third kappa shape index (κ3) is 5.37. The summed E-state index contributed by atoms with van der Waals surface area (Å²) >= 11 is 0. The molecule has 26 heavy (non-hydrogen) atoms. The molecule has 1 N–H and O–H groups in total. The Morgan fingerprint density at radius 3 is 2.62 bits per heavy atom. The van der Waals surface area contributed by atoms with Gasteiger partial charge in [0.25, 0.3) is 0 Å². The summed E-state index contributed by atoms with van der Waals surface area (Å²) < 4.78 is 7.68. The standard InChI is InChI=1S/C20H31N5O/c1-16-13-25(14-17(2)26-16)11-5-4-8-22-12-19-15-24(3)23-20(19)18-6-9-21-10-7-18/h6-7,9-10,15-17,22H,4-5,8,11-14H2,1-3H3/t16-,17-/m1/s1. The molecule has 142 valence electrons. The molecule has 0 amide bonds. The molecule has 3 heterocycles. The predicted octanol–water partition coefficient (Wildman–Crippen LogP) is 2.46. The normalized spacial score (nSPS) is 21.2. The van der Waals surface area contributed by atoms with Gasteiger partial charge in [-0.1, -0.05) is 0 Å². The number of nitrogens with one attached hydrogen (secondary N) is 1. The third-order valence-electron chi connectivity index (χ3n) is 4.75. The summed E-state index contributed by atoms with van der Waals surface area (Å²) in [6.45, 7) is 9.48. The second-order valence-electron chi connectivity index (χ2n) is 7.31. The first-order chi connectivity index (χ1) is 12.6. The van der Waals surface area contributed by atoms with E-state index in [9.17, 15) is 0 Å². The van der Waals surface area contributed by atoms with Gasteiger partial charge < -0.3 is 10.1 Å². The molecule has 0 radical (unpaired) electrons. The number of pyridine rings is 1. The fourth-order valence-electron chi connectivity index (χ4n) is 3.70. The van der Waals surface area contributed by atoms with Gasteiger partial charge in [-0.05, 0) is 51.9 Å². The van der Waals surface area contributed by atoms with Crippen molar-refractivity contribution >= 4 is 0 Å². The molecule has 0 bridgehead atoms. The van der Waals surface area contributed by atoms with Crippen LogP contribution in [-0.2, 0) is 18.3 Å². The van der Waals surface area contributed by atoms with Crippen molar-refractivity contribution in [3.05, 3.63) is 36.3 Å². The number of unbranched alkanes of at least 4 members (excludes halogenated alkanes) is 1. The summed E-state index contributed by atoms with van der Waals surface area (Å²) in [4.78, 5) is 6.62. The van der Waals surface area contributed by atoms with Crippen molar-refractivity contribution in [2.45, 2.75) is 45.4 Å². The van der Waals surface area contributed by atoms with Gasteiger partial charge in [-0.2, -0.15) is 5.10 Å². The lowest BCUT2D eigenvalue weighted by Gasteiger charge is -2.35. The van der Waals surface area contributed by atoms with Gasteiger partial charge >= 0.3 is 0 Å². The van der Waals surface area contributed by atoms with Crippen molar-refractivity contribution in [3.8, 4) is 11.3 Å². The van der Waals surface area contributed by atoms with Crippen LogP contribution < -0.4 is 5.32 Å². The average Bonchev–Trinajstić information content (AvgIpc) is 2.98. The quantitative estimate of drug-likeness (QED) is 0.736. The smallest absolute Gasteiger partial charge is 0.0969 e. The fraction of sp³-hybridized carbons (Fsp3) is 0.600. The van der Waals surface area contributed by atoms with E-state index < -0.39 is 0 Å². The molecule has 2 atom stereocenters. The zero-order chi connectivity index (χ0) is 18.4. The predicted molar refractivity (Wildman–Crippen MR) is 104 cm³/mol. The zero-order valence-electron chi connectivity index (χ0n) is 16.2. The van der Waals surface area contributed by atoms with Crippen LogP contribution in [0.5, 0.6) is 0 Å². The van der Waals surface area contributed by atoms with Gasteiger partial charge in [0.05, 0.1) is 17.9 Å². The SMILES string of the molecule is C[C@@H]1CN(CCCCNCc2cn(C)nc2-c2ccncc2)C[C@@H](C)O1. The Bertz CT molecular complexity index is 662. The van der Waals surface area contributed by atoms with E-state index in [1.54, 1.807) is 0 Å². The lowest BCUT2D eigenvalue weighted by Crippen LogP contribution is -2.45. The molecule has 0 saturated carbocycles. The zero-order valence-corrected chi connectivity index (χ0v) is 16.2. The highest BCUT2D eigenvalue weighted by molar-refractivity contribution is 5.61. The van der Waals surface area contributed by atoms with Crippen LogP contribution in [-0.4, -0.2) is 58.1 Å². The second-order valence-corrected chi connectivity index (χ2v) is 7.31. The molecule has 1 aliphatic heterocycles. The number of hydrogen-bond acceptors (Lipinski definition) is 5. The Morgan fingerprint density at radius 1 is 1.15 bits per heavy atom. The second kappa shape index (κ2) is 9.26. The van der Waals surface area contributed by atoms with Crippen LogP contribution in [0.1, 0.15) is 32.3 Å². The number of aromatic nitrogens is 3. The molecule has 6 nitrogen and oxygen atoms in total. The molecule has 6 heteroatoms. The maximum absolute atomic E-state index is 5.79. The van der Waals surface area contributed by atoms with Crippen LogP contribution in [0.4, 0.5) is 0 Å². The Labute approximate surface area is 156 Å². The molecule has 2 aromatic rings. The number of rotatable bonds is 8. The summed E-state index contributed by atoms with van der Waals surface area (Å²) in [6.07, 6.45) is 8.84. The van der Waals surface area contributed by atoms with E-state index in [-0.39, 0.29) is 0 Å². The molecule has 0 aliphatic carbocycles. The Morgan fingerprint density at radius 2 is 1.88 bits per heavy atom. The summed E-state index contributed by atoms with van der Waals surface area (Å²) in [7, 11) is 1.97. The number of ether oxygens (including phenoxy) is 1. The van der Waals surface area contributed by atoms with E-state index in [1.807, 2.05) is 36.3 Å². The van der Waals surface area contributed by atoms with Crippen molar-refractivity contribution in [2.24, 2.45) is 7.05 Å². The number of hydrogen-bond donors (Lipinski definition) is 1. The summed E-state index contributed by atoms with van der Waals surface area (Å²) in [5, 5.41) is 8.17. The Balaban J connectivity index is 1.39. The molecular weight excluding hydrogens is 326 g/mol. The molecular formula is C20H31N5O. The summed E-state index contributed by atoms with van der Waals surface area (Å²) in [5.74, 6) is 0. The minimum atomic E-state index is 0.356. The van der Waals surface area contributed by atoms with E-state index >= 15 is 0 Å². The van der Waals surface area contributed by atoms with Crippen molar-refractivity contribution in [1.82, 2.24) is 25.0 Å². The van der Waals surface area contributed by atoms with Crippen molar-refractivity contribution < 1.29 is 4.74 Å². The van der Waals surface area contributed by atoms with E-state index in [4.69, 9.17) is 4.74 Å². The van der Waals surface area contributed by atoms with Crippen LogP contribution >= 0.6 is 0 Å². The van der Waals surface area contributed by atoms with Gasteiger partial charge in [-0.15, -0.1) is 0 Å². The highest BCUT2D eigenvalue weighted by Crippen LogP contribution is 2.20. The molecule has 3 rings (SSSR count). The van der Waals surface area contributed by atoms with Gasteiger partial charge in [0.1, 0.15) is 0 Å². The van der Waals surface area contributed by atoms with Gasteiger partial charge in [-0.25, -0.2) is 0 Å². The molecule has 0 spiro atoms. The maximum Gasteiger partial charge on any atom is 0.0969 e. The average molecular weight is 358 g/mol. The van der Waals surface area contributed by atoms with Crippen LogP contribution in [0.25, 0.3) is 11.3 Å². The minimum Gasteiger partial charge on any atom is -0.373 e. The first-order valence-electron chi connectivity index (χ1n) is 9.63. The first-order valence-corrected chi connectivity index (χ1v) is 9.63. The van der Waals surface area contributed by atoms with Crippen molar-refractivity contribution in [3.63, 3.8) is 0 Å². The largest absolute Gasteiger partial charge is 0.373 e. The lowest BCUT2D eigenvalue weighted by molar-refractivity contribution is -0.0681. The molecule has 1 aliphatic rings. The van der Waals surface area contributed by atoms with Gasteiger partial charge in [0.15, 0.2) is 0 Å². The van der Waals surface area contributed by atoms with Crippen LogP contribution in [0.2, 0.25) is 0 Å². The maximum atomic E-state index is 5.79. The summed E-state index contributed by atoms with van der Waals surface area (Å²) in [6, 6.07) is 4.02. The van der Waals surface area contributed by atoms with E-state index in [0.717, 1.165) is 44.0 Å². The Hall–Kier alpha value is -1.76. The number of morpholine rings is 1. The topological polar surface area (TPSA) is 55.2 Å². The molecule has 1 fully saturated rings. The highest BCUT2D eigenvalue weighted by Gasteiger charge is 2.21. The van der Waals surface area contributed by atoms with Crippen LogP contribution in [0, 0.1) is 0 Å². The minimum absolute atomic E-state index is 0.356. The van der Waals surface area contributed by atoms with E-state index in [2.05, 4.69) is 40.3 Å². The Kier molecular flexibility index (Phi) is 6.77. The molecule has 0 aromatic carbocycles. The molecule has 2 aromatic heterocycles. The fourth-order valence-corrected chi connectivity index (χ4v) is 3.70. The van der Waals surface area contributed by atoms with Crippen molar-refractivity contribution in [1.29, 1.82) is 0 Å². The molecule has 1 saturated heterocycles. The van der Waals surface area contributed by atoms with Gasteiger partial charge in [-0.3, -0.25) is 14.6 Å². The van der Waals surface area contributed by atoms with Crippen LogP contribution in [0.3, 0.4) is 0 Å². The van der Waals surface area contributed by atoms with Crippen molar-refractivity contribution in [2.75, 3.05) is 26.2 Å². The lowest BCUT2D eigenvalue weighted by atomic mass is 10.1. The monoisotopic (exact) mass is 357 g/mol. The molecule has 0 unspecified atom stereocenters. The first kappa shape index (κ1) is 19.0. The van der Waals surface area contributed by atoms with Crippen LogP contribution in [0.15, 0.2) is 30.7 Å². The number of nitrogens with zero attached hydrogens (tertiary/aromatic N) is 4. The highest BCUT2D eigenvalue weighted by atomic mass is 16.5. The van der Waals surface area contributed by atoms with E-state index in [0.29, 0.717) is 12.2 Å². The third-order valence-corrected chi connectivity index (χ3v) is 4.75. The van der Waals surface area contributed by atoms with Gasteiger partial charge in [0.2, 0.25) is 0 Å². The number of aryl methyl sites for hydroxylation is 1. The van der Waals surface area contributed by atoms with Gasteiger partial charge in [0, 0.05) is 56.4 Å².